The summed E-state index contributed by atoms with van der Waals surface area (Å²) in [5, 5.41) is 11.5. The van der Waals surface area contributed by atoms with Gasteiger partial charge in [0.2, 0.25) is 0 Å². The van der Waals surface area contributed by atoms with E-state index < -0.39 is 17.7 Å². The van der Waals surface area contributed by atoms with Crippen molar-refractivity contribution >= 4 is 17.4 Å². The number of carbonyl (C=O) groups is 2. The molecule has 4 aromatic rings. The number of aliphatic hydroxyl groups is 1. The van der Waals surface area contributed by atoms with Crippen LogP contribution < -0.4 is 14.2 Å². The number of ketones is 1. The third-order valence-electron chi connectivity index (χ3n) is 7.26. The van der Waals surface area contributed by atoms with Crippen molar-refractivity contribution in [3.63, 3.8) is 0 Å². The van der Waals surface area contributed by atoms with Gasteiger partial charge in [0.15, 0.2) is 11.5 Å². The highest BCUT2D eigenvalue weighted by Gasteiger charge is 2.46. The maximum Gasteiger partial charge on any atom is 0.295 e. The summed E-state index contributed by atoms with van der Waals surface area (Å²) in [5.74, 6) is -0.00319. The van der Waals surface area contributed by atoms with Crippen LogP contribution in [-0.4, -0.2) is 41.5 Å². The van der Waals surface area contributed by atoms with Gasteiger partial charge in [0.25, 0.3) is 11.7 Å². The highest BCUT2D eigenvalue weighted by molar-refractivity contribution is 6.46. The Bertz CT molecular complexity index is 1600. The molecule has 206 valence electrons. The molecule has 6 rings (SSSR count). The van der Waals surface area contributed by atoms with Gasteiger partial charge in [0.1, 0.15) is 31.3 Å². The van der Waals surface area contributed by atoms with Gasteiger partial charge in [-0.15, -0.1) is 0 Å². The number of fused-ring (bicyclic) bond motifs is 1. The maximum absolute atomic E-state index is 13.5. The van der Waals surface area contributed by atoms with E-state index in [1.54, 1.807) is 18.2 Å². The van der Waals surface area contributed by atoms with Gasteiger partial charge in [-0.25, -0.2) is 0 Å². The van der Waals surface area contributed by atoms with Gasteiger partial charge in [0.05, 0.1) is 11.6 Å². The SMILES string of the molecule is O=C1C(=O)N(CCc2ccccc2)[C@H](c2cccc(OCc3ccccc3)c2)/C1=C(\O)c1ccc2c(c1)OCCO2. The minimum atomic E-state index is -0.799. The average molecular weight is 548 g/mol. The minimum Gasteiger partial charge on any atom is -0.507 e. The van der Waals surface area contributed by atoms with E-state index in [1.807, 2.05) is 84.9 Å². The van der Waals surface area contributed by atoms with E-state index in [2.05, 4.69) is 0 Å². The van der Waals surface area contributed by atoms with E-state index >= 15 is 0 Å². The molecule has 0 bridgehead atoms. The Morgan fingerprint density at radius 1 is 0.805 bits per heavy atom. The van der Waals surface area contributed by atoms with Crippen molar-refractivity contribution in [1.82, 2.24) is 4.90 Å². The Balaban J connectivity index is 1.38. The molecule has 1 N–H and O–H groups in total. The van der Waals surface area contributed by atoms with Gasteiger partial charge in [-0.05, 0) is 53.4 Å². The summed E-state index contributed by atoms with van der Waals surface area (Å²) in [6.45, 7) is 1.49. The molecule has 2 aliphatic rings. The number of Topliss-reactive ketones (excluding diaryl/α,β-unsaturated/α-hetero) is 1. The van der Waals surface area contributed by atoms with Crippen LogP contribution in [0.4, 0.5) is 0 Å². The third kappa shape index (κ3) is 5.52. The molecule has 7 nitrogen and oxygen atoms in total. The van der Waals surface area contributed by atoms with E-state index in [0.717, 1.165) is 11.1 Å². The molecular formula is C34H29NO6. The second-order valence-electron chi connectivity index (χ2n) is 9.93. The van der Waals surface area contributed by atoms with E-state index in [1.165, 1.54) is 4.90 Å². The number of hydrogen-bond acceptors (Lipinski definition) is 6. The number of likely N-dealkylation sites (tertiary alicyclic amines) is 1. The zero-order valence-corrected chi connectivity index (χ0v) is 22.4. The molecule has 7 heteroatoms. The Morgan fingerprint density at radius 2 is 1.51 bits per heavy atom. The summed E-state index contributed by atoms with van der Waals surface area (Å²) in [6.07, 6.45) is 0.554. The molecule has 0 aromatic heterocycles. The summed E-state index contributed by atoms with van der Waals surface area (Å²) >= 11 is 0. The highest BCUT2D eigenvalue weighted by Crippen LogP contribution is 2.42. The summed E-state index contributed by atoms with van der Waals surface area (Å²) in [7, 11) is 0. The third-order valence-corrected chi connectivity index (χ3v) is 7.26. The van der Waals surface area contributed by atoms with E-state index in [4.69, 9.17) is 14.2 Å². The molecule has 1 amide bonds. The first-order chi connectivity index (χ1) is 20.1. The van der Waals surface area contributed by atoms with Gasteiger partial charge in [-0.2, -0.15) is 0 Å². The molecule has 0 saturated carbocycles. The number of nitrogens with zero attached hydrogens (tertiary/aromatic N) is 1. The lowest BCUT2D eigenvalue weighted by molar-refractivity contribution is -0.139. The van der Waals surface area contributed by atoms with Crippen molar-refractivity contribution in [3.8, 4) is 17.2 Å². The van der Waals surface area contributed by atoms with Crippen molar-refractivity contribution in [2.45, 2.75) is 19.1 Å². The zero-order valence-electron chi connectivity index (χ0n) is 22.4. The summed E-state index contributed by atoms with van der Waals surface area (Å²) in [6, 6.07) is 31.1. The lowest BCUT2D eigenvalue weighted by Gasteiger charge is -2.26. The fraction of sp³-hybridized carbons (Fsp3) is 0.176. The second kappa shape index (κ2) is 11.6. The van der Waals surface area contributed by atoms with Crippen LogP contribution in [0.1, 0.15) is 28.3 Å². The van der Waals surface area contributed by atoms with Gasteiger partial charge < -0.3 is 24.2 Å². The van der Waals surface area contributed by atoms with E-state index in [-0.39, 0.29) is 11.3 Å². The predicted molar refractivity (Wildman–Crippen MR) is 154 cm³/mol. The second-order valence-corrected chi connectivity index (χ2v) is 9.93. The maximum atomic E-state index is 13.5. The van der Waals surface area contributed by atoms with Crippen molar-refractivity contribution < 1.29 is 28.9 Å². The molecule has 2 heterocycles. The van der Waals surface area contributed by atoms with Crippen LogP contribution in [-0.2, 0) is 22.6 Å². The first-order valence-corrected chi connectivity index (χ1v) is 13.6. The van der Waals surface area contributed by atoms with Crippen LogP contribution in [0.25, 0.3) is 5.76 Å². The molecule has 41 heavy (non-hydrogen) atoms. The van der Waals surface area contributed by atoms with E-state index in [0.29, 0.717) is 61.2 Å². The number of aliphatic hydroxyl groups excluding tert-OH is 1. The molecule has 4 aromatic carbocycles. The number of carbonyl (C=O) groups excluding carboxylic acids is 2. The predicted octanol–water partition coefficient (Wildman–Crippen LogP) is 5.70. The number of rotatable bonds is 8. The molecule has 1 saturated heterocycles. The van der Waals surface area contributed by atoms with Crippen LogP contribution in [0.3, 0.4) is 0 Å². The van der Waals surface area contributed by atoms with Gasteiger partial charge in [-0.1, -0.05) is 72.8 Å². The largest absolute Gasteiger partial charge is 0.507 e. The monoisotopic (exact) mass is 547 g/mol. The molecule has 0 radical (unpaired) electrons. The Morgan fingerprint density at radius 3 is 2.27 bits per heavy atom. The fourth-order valence-corrected chi connectivity index (χ4v) is 5.21. The van der Waals surface area contributed by atoms with Gasteiger partial charge in [-0.3, -0.25) is 9.59 Å². The smallest absolute Gasteiger partial charge is 0.295 e. The minimum absolute atomic E-state index is 0.0277. The van der Waals surface area contributed by atoms with Crippen molar-refractivity contribution in [2.75, 3.05) is 19.8 Å². The topological polar surface area (TPSA) is 85.3 Å². The summed E-state index contributed by atoms with van der Waals surface area (Å²) in [5.41, 5.74) is 3.13. The Labute approximate surface area is 238 Å². The molecule has 0 spiro atoms. The van der Waals surface area contributed by atoms with Crippen LogP contribution in [0.5, 0.6) is 17.2 Å². The number of hydrogen-bond donors (Lipinski definition) is 1. The van der Waals surface area contributed by atoms with Crippen LogP contribution in [0, 0.1) is 0 Å². The van der Waals surface area contributed by atoms with Crippen LogP contribution in [0.2, 0.25) is 0 Å². The first-order valence-electron chi connectivity index (χ1n) is 13.6. The van der Waals surface area contributed by atoms with Crippen LogP contribution in [0.15, 0.2) is 109 Å². The summed E-state index contributed by atoms with van der Waals surface area (Å²) < 4.78 is 17.3. The molecule has 1 atom stereocenters. The van der Waals surface area contributed by atoms with Crippen molar-refractivity contribution in [3.05, 3.63) is 131 Å². The standard InChI is InChI=1S/C34H29NO6/c36-32(26-14-15-28-29(21-26)40-19-18-39-28)30-31(35(34(38)33(30)37)17-16-23-8-3-1-4-9-23)25-12-7-13-27(20-25)41-22-24-10-5-2-6-11-24/h1-15,20-21,31,36H,16-19,22H2/b32-30+/t31-/m1/s1. The fourth-order valence-electron chi connectivity index (χ4n) is 5.21. The lowest BCUT2D eigenvalue weighted by Crippen LogP contribution is -2.31. The summed E-state index contributed by atoms with van der Waals surface area (Å²) in [4.78, 5) is 28.5. The molecular weight excluding hydrogens is 518 g/mol. The van der Waals surface area contributed by atoms with Crippen molar-refractivity contribution in [1.29, 1.82) is 0 Å². The molecule has 2 aliphatic heterocycles. The van der Waals surface area contributed by atoms with Gasteiger partial charge >= 0.3 is 0 Å². The Hall–Kier alpha value is -5.04. The first kappa shape index (κ1) is 26.2. The normalized spacial score (nSPS) is 17.5. The van der Waals surface area contributed by atoms with Crippen LogP contribution >= 0.6 is 0 Å². The lowest BCUT2D eigenvalue weighted by atomic mass is 9.95. The molecule has 0 unspecified atom stereocenters. The highest BCUT2D eigenvalue weighted by atomic mass is 16.6. The number of amides is 1. The average Bonchev–Trinajstić information content (AvgIpc) is 3.28. The van der Waals surface area contributed by atoms with E-state index in [9.17, 15) is 14.7 Å². The molecule has 0 aliphatic carbocycles. The van der Waals surface area contributed by atoms with Gasteiger partial charge in [0, 0.05) is 12.1 Å². The zero-order chi connectivity index (χ0) is 28.2. The van der Waals surface area contributed by atoms with Crippen molar-refractivity contribution in [2.24, 2.45) is 0 Å². The number of benzene rings is 4. The molecule has 1 fully saturated rings. The quantitative estimate of drug-likeness (QED) is 0.173. The number of ether oxygens (including phenoxy) is 3. The Kier molecular flexibility index (Phi) is 7.41.